The predicted molar refractivity (Wildman–Crippen MR) is 65.2 cm³/mol. The molecule has 1 aliphatic rings. The molecule has 2 rings (SSSR count). The van der Waals surface area contributed by atoms with Crippen LogP contribution in [0.3, 0.4) is 0 Å². The highest BCUT2D eigenvalue weighted by atomic mass is 35.5. The zero-order valence-electron chi connectivity index (χ0n) is 9.47. The van der Waals surface area contributed by atoms with Crippen molar-refractivity contribution in [3.05, 3.63) is 10.0 Å². The highest BCUT2D eigenvalue weighted by Crippen LogP contribution is 2.26. The number of nitrogens with zero attached hydrogens (tertiary/aromatic N) is 3. The third-order valence-corrected chi connectivity index (χ3v) is 4.21. The van der Waals surface area contributed by atoms with Crippen molar-refractivity contribution in [2.45, 2.75) is 32.4 Å². The maximum absolute atomic E-state index is 10.9. The van der Waals surface area contributed by atoms with Gasteiger partial charge in [-0.2, -0.15) is 0 Å². The van der Waals surface area contributed by atoms with Crippen molar-refractivity contribution in [3.8, 4) is 0 Å². The molecule has 5 nitrogen and oxygen atoms in total. The van der Waals surface area contributed by atoms with Crippen LogP contribution in [-0.4, -0.2) is 38.1 Å². The van der Waals surface area contributed by atoms with Gasteiger partial charge in [0.05, 0.1) is 5.92 Å². The van der Waals surface area contributed by atoms with Gasteiger partial charge in [-0.3, -0.25) is 9.69 Å². The van der Waals surface area contributed by atoms with Gasteiger partial charge in [0.25, 0.3) is 0 Å². The molecule has 7 heteroatoms. The molecule has 1 aliphatic heterocycles. The minimum atomic E-state index is -0.690. The largest absolute Gasteiger partial charge is 0.481 e. The summed E-state index contributed by atoms with van der Waals surface area (Å²) in [4.78, 5) is 13.1. The fourth-order valence-corrected chi connectivity index (χ4v) is 2.78. The summed E-state index contributed by atoms with van der Waals surface area (Å²) in [5.41, 5.74) is 0.789. The summed E-state index contributed by atoms with van der Waals surface area (Å²) < 4.78 is 4.42. The minimum Gasteiger partial charge on any atom is -0.481 e. The van der Waals surface area contributed by atoms with Gasteiger partial charge in [0, 0.05) is 24.1 Å². The zero-order chi connectivity index (χ0) is 12.4. The first-order chi connectivity index (χ1) is 8.08. The van der Waals surface area contributed by atoms with E-state index in [0.29, 0.717) is 23.7 Å². The Bertz CT molecular complexity index is 412. The molecule has 1 saturated heterocycles. The molecule has 2 heterocycles. The molecular weight excluding hydrogens is 262 g/mol. The number of halogens is 1. The lowest BCUT2D eigenvalue weighted by Crippen LogP contribution is -2.42. The number of aromatic nitrogens is 2. The smallest absolute Gasteiger partial charge is 0.306 e. The summed E-state index contributed by atoms with van der Waals surface area (Å²) in [5.74, 6) is -0.907. The Morgan fingerprint density at radius 2 is 2.47 bits per heavy atom. The van der Waals surface area contributed by atoms with Crippen molar-refractivity contribution in [1.29, 1.82) is 0 Å². The van der Waals surface area contributed by atoms with Crippen molar-refractivity contribution in [3.63, 3.8) is 0 Å². The van der Waals surface area contributed by atoms with E-state index in [2.05, 4.69) is 14.5 Å². The van der Waals surface area contributed by atoms with Gasteiger partial charge in [0.2, 0.25) is 0 Å². The molecule has 0 aliphatic carbocycles. The molecule has 0 aromatic carbocycles. The first kappa shape index (κ1) is 12.7. The van der Waals surface area contributed by atoms with Gasteiger partial charge in [0.15, 0.2) is 0 Å². The normalized spacial score (nSPS) is 26.0. The molecule has 0 saturated carbocycles. The van der Waals surface area contributed by atoms with Crippen molar-refractivity contribution < 1.29 is 9.90 Å². The lowest BCUT2D eigenvalue weighted by molar-refractivity contribution is -0.144. The SMILES string of the molecule is CC1CC(C(=O)O)CCN1Cc1nnsc1Cl. The standard InChI is InChI=1S/C10H14ClN3O2S/c1-6-4-7(10(15)16)2-3-14(6)5-8-9(11)17-13-12-8/h6-7H,2-5H2,1H3,(H,15,16). The highest BCUT2D eigenvalue weighted by Gasteiger charge is 2.30. The van der Waals surface area contributed by atoms with Crippen molar-refractivity contribution in [2.75, 3.05) is 6.54 Å². The summed E-state index contributed by atoms with van der Waals surface area (Å²) in [6.45, 7) is 3.47. The number of likely N-dealkylation sites (tertiary alicyclic amines) is 1. The molecule has 0 spiro atoms. The Hall–Kier alpha value is -0.720. The minimum absolute atomic E-state index is 0.217. The van der Waals surface area contributed by atoms with Gasteiger partial charge in [-0.15, -0.1) is 5.10 Å². The molecule has 94 valence electrons. The predicted octanol–water partition coefficient (Wildman–Crippen LogP) is 1.88. The zero-order valence-corrected chi connectivity index (χ0v) is 11.0. The molecule has 2 unspecified atom stereocenters. The van der Waals surface area contributed by atoms with Crippen LogP contribution in [0.4, 0.5) is 0 Å². The quantitative estimate of drug-likeness (QED) is 0.912. The summed E-state index contributed by atoms with van der Waals surface area (Å²) in [6, 6.07) is 0.239. The number of piperidine rings is 1. The number of hydrogen-bond acceptors (Lipinski definition) is 5. The second kappa shape index (κ2) is 5.29. The van der Waals surface area contributed by atoms with Crippen LogP contribution < -0.4 is 0 Å². The van der Waals surface area contributed by atoms with Crippen LogP contribution in [0.5, 0.6) is 0 Å². The lowest BCUT2D eigenvalue weighted by atomic mass is 9.92. The molecule has 0 amide bonds. The van der Waals surface area contributed by atoms with Crippen LogP contribution in [0.2, 0.25) is 4.34 Å². The van der Waals surface area contributed by atoms with Crippen LogP contribution in [0, 0.1) is 5.92 Å². The van der Waals surface area contributed by atoms with Crippen LogP contribution in [0.15, 0.2) is 0 Å². The molecular formula is C10H14ClN3O2S. The van der Waals surface area contributed by atoms with E-state index in [1.54, 1.807) is 0 Å². The number of hydrogen-bond donors (Lipinski definition) is 1. The molecule has 17 heavy (non-hydrogen) atoms. The third kappa shape index (κ3) is 2.94. The Morgan fingerprint density at radius 1 is 1.71 bits per heavy atom. The molecule has 0 bridgehead atoms. The van der Waals surface area contributed by atoms with Gasteiger partial charge in [-0.1, -0.05) is 16.1 Å². The molecule has 2 atom stereocenters. The second-order valence-corrected chi connectivity index (χ2v) is 5.73. The average molecular weight is 276 g/mol. The van der Waals surface area contributed by atoms with Crippen LogP contribution in [0.25, 0.3) is 0 Å². The van der Waals surface area contributed by atoms with Crippen molar-refractivity contribution in [2.24, 2.45) is 5.92 Å². The number of rotatable bonds is 3. The summed E-state index contributed by atoms with van der Waals surface area (Å²) in [5, 5.41) is 13.0. The van der Waals surface area contributed by atoms with E-state index >= 15 is 0 Å². The summed E-state index contributed by atoms with van der Waals surface area (Å²) in [6.07, 6.45) is 1.37. The van der Waals surface area contributed by atoms with Crippen molar-refractivity contribution in [1.82, 2.24) is 14.5 Å². The molecule has 0 radical (unpaired) electrons. The summed E-state index contributed by atoms with van der Waals surface area (Å²) >= 11 is 7.14. The fraction of sp³-hybridized carbons (Fsp3) is 0.700. The van der Waals surface area contributed by atoms with Gasteiger partial charge in [0.1, 0.15) is 10.0 Å². The molecule has 1 N–H and O–H groups in total. The summed E-state index contributed by atoms with van der Waals surface area (Å²) in [7, 11) is 0. The Balaban J connectivity index is 1.96. The maximum Gasteiger partial charge on any atom is 0.306 e. The lowest BCUT2D eigenvalue weighted by Gasteiger charge is -2.35. The van der Waals surface area contributed by atoms with E-state index in [1.165, 1.54) is 11.5 Å². The number of aliphatic carboxylic acids is 1. The van der Waals surface area contributed by atoms with E-state index < -0.39 is 5.97 Å². The monoisotopic (exact) mass is 275 g/mol. The van der Waals surface area contributed by atoms with Gasteiger partial charge in [-0.05, 0) is 26.3 Å². The molecule has 1 aromatic rings. The Labute approximate surface area is 109 Å². The number of carboxylic acid groups (broad SMARTS) is 1. The maximum atomic E-state index is 10.9. The second-order valence-electron chi connectivity index (χ2n) is 4.37. The molecule has 1 aromatic heterocycles. The van der Waals surface area contributed by atoms with Gasteiger partial charge >= 0.3 is 5.97 Å². The van der Waals surface area contributed by atoms with Gasteiger partial charge in [-0.25, -0.2) is 0 Å². The van der Waals surface area contributed by atoms with Crippen LogP contribution in [-0.2, 0) is 11.3 Å². The van der Waals surface area contributed by atoms with E-state index in [1.807, 2.05) is 6.92 Å². The first-order valence-corrected chi connectivity index (χ1v) is 6.66. The Morgan fingerprint density at radius 3 is 3.00 bits per heavy atom. The van der Waals surface area contributed by atoms with Gasteiger partial charge < -0.3 is 5.11 Å². The van der Waals surface area contributed by atoms with E-state index in [9.17, 15) is 4.79 Å². The van der Waals surface area contributed by atoms with Crippen LogP contribution >= 0.6 is 23.1 Å². The third-order valence-electron chi connectivity index (χ3n) is 3.23. The average Bonchev–Trinajstić information content (AvgIpc) is 2.67. The fourth-order valence-electron chi connectivity index (χ4n) is 2.16. The van der Waals surface area contributed by atoms with Crippen molar-refractivity contribution >= 4 is 29.1 Å². The topological polar surface area (TPSA) is 66.3 Å². The van der Waals surface area contributed by atoms with Crippen LogP contribution in [0.1, 0.15) is 25.5 Å². The highest BCUT2D eigenvalue weighted by molar-refractivity contribution is 7.10. The number of carbonyl (C=O) groups is 1. The Kier molecular flexibility index (Phi) is 3.96. The first-order valence-electron chi connectivity index (χ1n) is 5.51. The number of carboxylic acids is 1. The van der Waals surface area contributed by atoms with E-state index in [4.69, 9.17) is 16.7 Å². The molecule has 1 fully saturated rings. The van der Waals surface area contributed by atoms with E-state index in [-0.39, 0.29) is 12.0 Å². The van der Waals surface area contributed by atoms with E-state index in [0.717, 1.165) is 12.2 Å².